The molecule has 0 unspecified atom stereocenters. The first kappa shape index (κ1) is 16.6. The number of nitrogens with one attached hydrogen (secondary N) is 2. The Kier molecular flexibility index (Phi) is 5.03. The van der Waals surface area contributed by atoms with E-state index in [9.17, 15) is 4.79 Å². The number of esters is 1. The van der Waals surface area contributed by atoms with Gasteiger partial charge in [0.05, 0.1) is 6.10 Å². The fraction of sp³-hybridized carbons (Fsp3) is 0.222. The summed E-state index contributed by atoms with van der Waals surface area (Å²) in [5.74, 6) is 0.820. The summed E-state index contributed by atoms with van der Waals surface area (Å²) < 4.78 is 5.26. The van der Waals surface area contributed by atoms with Gasteiger partial charge in [-0.05, 0) is 37.6 Å². The number of nitrogens with zero attached hydrogens (tertiary/aromatic N) is 3. The number of anilines is 1. The van der Waals surface area contributed by atoms with Gasteiger partial charge in [0.25, 0.3) is 0 Å². The lowest BCUT2D eigenvalue weighted by Gasteiger charge is -2.12. The summed E-state index contributed by atoms with van der Waals surface area (Å²) in [5, 5.41) is 9.90. The highest BCUT2D eigenvalue weighted by molar-refractivity contribution is 5.94. The minimum atomic E-state index is -0.388. The van der Waals surface area contributed by atoms with Crippen molar-refractivity contribution in [2.24, 2.45) is 0 Å². The number of aromatic amines is 1. The van der Waals surface area contributed by atoms with Crippen LogP contribution < -0.4 is 5.32 Å². The van der Waals surface area contributed by atoms with Gasteiger partial charge in [-0.3, -0.25) is 5.10 Å². The Balaban J connectivity index is 1.74. The van der Waals surface area contributed by atoms with Crippen LogP contribution in [-0.4, -0.2) is 32.2 Å². The summed E-state index contributed by atoms with van der Waals surface area (Å²) in [4.78, 5) is 20.6. The highest BCUT2D eigenvalue weighted by atomic mass is 16.5. The van der Waals surface area contributed by atoms with Crippen LogP contribution in [0.1, 0.15) is 29.8 Å². The van der Waals surface area contributed by atoms with Crippen LogP contribution in [0.4, 0.5) is 5.82 Å². The second-order valence-corrected chi connectivity index (χ2v) is 5.74. The second kappa shape index (κ2) is 7.57. The SMILES string of the molecule is CC(C)OC(=O)c1cccnc1NCc1cccc(-c2ncn[nH]2)c1. The summed E-state index contributed by atoms with van der Waals surface area (Å²) >= 11 is 0. The molecule has 25 heavy (non-hydrogen) atoms. The van der Waals surface area contributed by atoms with Gasteiger partial charge < -0.3 is 10.1 Å². The number of ether oxygens (including phenoxy) is 1. The topological polar surface area (TPSA) is 92.8 Å². The molecule has 2 N–H and O–H groups in total. The fourth-order valence-corrected chi connectivity index (χ4v) is 2.35. The minimum Gasteiger partial charge on any atom is -0.459 e. The Morgan fingerprint density at radius 3 is 2.88 bits per heavy atom. The Bertz CT molecular complexity index is 846. The molecule has 0 atom stereocenters. The van der Waals surface area contributed by atoms with Gasteiger partial charge >= 0.3 is 5.97 Å². The van der Waals surface area contributed by atoms with E-state index in [1.54, 1.807) is 18.3 Å². The van der Waals surface area contributed by atoms with E-state index in [2.05, 4.69) is 25.5 Å². The van der Waals surface area contributed by atoms with Crippen LogP contribution in [0.3, 0.4) is 0 Å². The lowest BCUT2D eigenvalue weighted by Crippen LogP contribution is -2.15. The number of hydrogen-bond donors (Lipinski definition) is 2. The van der Waals surface area contributed by atoms with Crippen molar-refractivity contribution in [3.05, 3.63) is 60.0 Å². The molecule has 0 spiro atoms. The van der Waals surface area contributed by atoms with Gasteiger partial charge in [0.2, 0.25) is 0 Å². The summed E-state index contributed by atoms with van der Waals surface area (Å²) in [6, 6.07) is 11.3. The molecule has 0 radical (unpaired) electrons. The highest BCUT2D eigenvalue weighted by Gasteiger charge is 2.15. The van der Waals surface area contributed by atoms with E-state index in [-0.39, 0.29) is 12.1 Å². The third-order valence-electron chi connectivity index (χ3n) is 3.45. The molecule has 0 aliphatic heterocycles. The van der Waals surface area contributed by atoms with Gasteiger partial charge in [0, 0.05) is 18.3 Å². The van der Waals surface area contributed by atoms with Gasteiger partial charge in [-0.2, -0.15) is 5.10 Å². The van der Waals surface area contributed by atoms with E-state index >= 15 is 0 Å². The van der Waals surface area contributed by atoms with Gasteiger partial charge in [-0.25, -0.2) is 14.8 Å². The number of pyridine rings is 1. The molecule has 3 rings (SSSR count). The van der Waals surface area contributed by atoms with Crippen LogP contribution in [0.5, 0.6) is 0 Å². The van der Waals surface area contributed by atoms with Crippen molar-refractivity contribution < 1.29 is 9.53 Å². The Morgan fingerprint density at radius 2 is 2.12 bits per heavy atom. The molecule has 1 aromatic carbocycles. The Hall–Kier alpha value is -3.22. The number of carbonyl (C=O) groups excluding carboxylic acids is 1. The smallest absolute Gasteiger partial charge is 0.342 e. The van der Waals surface area contributed by atoms with E-state index in [1.165, 1.54) is 6.33 Å². The van der Waals surface area contributed by atoms with Crippen molar-refractivity contribution >= 4 is 11.8 Å². The number of benzene rings is 1. The van der Waals surface area contributed by atoms with E-state index in [1.807, 2.05) is 38.1 Å². The van der Waals surface area contributed by atoms with Crippen molar-refractivity contribution in [1.82, 2.24) is 20.2 Å². The molecular weight excluding hydrogens is 318 g/mol. The second-order valence-electron chi connectivity index (χ2n) is 5.74. The van der Waals surface area contributed by atoms with Crippen LogP contribution in [0.25, 0.3) is 11.4 Å². The predicted octanol–water partition coefficient (Wildman–Crippen LogP) is 3.04. The van der Waals surface area contributed by atoms with Gasteiger partial charge in [-0.1, -0.05) is 18.2 Å². The van der Waals surface area contributed by atoms with Crippen molar-refractivity contribution in [3.63, 3.8) is 0 Å². The largest absolute Gasteiger partial charge is 0.459 e. The third-order valence-corrected chi connectivity index (χ3v) is 3.45. The number of rotatable bonds is 6. The maximum absolute atomic E-state index is 12.2. The molecule has 0 fully saturated rings. The van der Waals surface area contributed by atoms with Crippen molar-refractivity contribution in [2.75, 3.05) is 5.32 Å². The minimum absolute atomic E-state index is 0.181. The van der Waals surface area contributed by atoms with Crippen molar-refractivity contribution in [2.45, 2.75) is 26.5 Å². The quantitative estimate of drug-likeness (QED) is 0.672. The van der Waals surface area contributed by atoms with E-state index in [0.29, 0.717) is 23.8 Å². The first-order valence-corrected chi connectivity index (χ1v) is 7.98. The first-order valence-electron chi connectivity index (χ1n) is 7.98. The molecule has 128 valence electrons. The van der Waals surface area contributed by atoms with Gasteiger partial charge in [0.1, 0.15) is 17.7 Å². The van der Waals surface area contributed by atoms with Gasteiger partial charge in [-0.15, -0.1) is 0 Å². The lowest BCUT2D eigenvalue weighted by molar-refractivity contribution is 0.0378. The molecule has 0 bridgehead atoms. The molecule has 0 aliphatic rings. The maximum atomic E-state index is 12.2. The molecule has 7 heteroatoms. The monoisotopic (exact) mass is 337 g/mol. The molecule has 7 nitrogen and oxygen atoms in total. The Morgan fingerprint density at radius 1 is 1.24 bits per heavy atom. The average molecular weight is 337 g/mol. The van der Waals surface area contributed by atoms with Crippen molar-refractivity contribution in [3.8, 4) is 11.4 Å². The number of hydrogen-bond acceptors (Lipinski definition) is 6. The number of aromatic nitrogens is 4. The first-order chi connectivity index (χ1) is 12.1. The Labute approximate surface area is 145 Å². The molecule has 2 aromatic heterocycles. The van der Waals surface area contributed by atoms with Crippen molar-refractivity contribution in [1.29, 1.82) is 0 Å². The summed E-state index contributed by atoms with van der Waals surface area (Å²) in [6.45, 7) is 4.15. The zero-order valence-corrected chi connectivity index (χ0v) is 14.1. The maximum Gasteiger partial charge on any atom is 0.342 e. The van der Waals surface area contributed by atoms with E-state index in [4.69, 9.17) is 4.74 Å². The molecule has 0 amide bonds. The molecule has 0 saturated heterocycles. The predicted molar refractivity (Wildman–Crippen MR) is 93.9 cm³/mol. The normalized spacial score (nSPS) is 10.7. The molecule has 0 aliphatic carbocycles. The van der Waals surface area contributed by atoms with Crippen LogP contribution in [0, 0.1) is 0 Å². The summed E-state index contributed by atoms with van der Waals surface area (Å²) in [7, 11) is 0. The van der Waals surface area contributed by atoms with Crippen LogP contribution in [0.15, 0.2) is 48.9 Å². The summed E-state index contributed by atoms with van der Waals surface area (Å²) in [6.07, 6.45) is 2.93. The number of H-pyrrole nitrogens is 1. The van der Waals surface area contributed by atoms with Gasteiger partial charge in [0.15, 0.2) is 5.82 Å². The fourth-order valence-electron chi connectivity index (χ4n) is 2.35. The van der Waals surface area contributed by atoms with E-state index < -0.39 is 0 Å². The molecule has 2 heterocycles. The van der Waals surface area contributed by atoms with Crippen LogP contribution >= 0.6 is 0 Å². The molecule has 3 aromatic rings. The zero-order chi connectivity index (χ0) is 17.6. The summed E-state index contributed by atoms with van der Waals surface area (Å²) in [5.41, 5.74) is 2.39. The van der Waals surface area contributed by atoms with Crippen LogP contribution in [0.2, 0.25) is 0 Å². The lowest BCUT2D eigenvalue weighted by atomic mass is 10.1. The average Bonchev–Trinajstić information content (AvgIpc) is 3.14. The highest BCUT2D eigenvalue weighted by Crippen LogP contribution is 2.18. The third kappa shape index (κ3) is 4.20. The van der Waals surface area contributed by atoms with E-state index in [0.717, 1.165) is 11.1 Å². The number of carbonyl (C=O) groups is 1. The molecular formula is C18H19N5O2. The van der Waals surface area contributed by atoms with Crippen LogP contribution in [-0.2, 0) is 11.3 Å². The molecule has 0 saturated carbocycles. The zero-order valence-electron chi connectivity index (χ0n) is 14.1. The standard InChI is InChI=1S/C18H19N5O2/c1-12(2)25-18(24)15-7-4-8-19-17(15)20-10-13-5-3-6-14(9-13)16-21-11-22-23-16/h3-9,11-12H,10H2,1-2H3,(H,19,20)(H,21,22,23).